The van der Waals surface area contributed by atoms with Gasteiger partial charge in [-0.05, 0) is 19.4 Å². The number of ether oxygens (including phenoxy) is 1. The van der Waals surface area contributed by atoms with Gasteiger partial charge < -0.3 is 4.74 Å². The molecule has 0 unspecified atom stereocenters. The lowest BCUT2D eigenvalue weighted by Gasteiger charge is -2.11. The van der Waals surface area contributed by atoms with Crippen molar-refractivity contribution in [1.82, 2.24) is 9.55 Å². The largest absolute Gasteiger partial charge is 0.377 e. The summed E-state index contributed by atoms with van der Waals surface area (Å²) in [4.78, 5) is 26.9. The van der Waals surface area contributed by atoms with Crippen molar-refractivity contribution in [3.63, 3.8) is 0 Å². The summed E-state index contributed by atoms with van der Waals surface area (Å²) in [5.74, 6) is 0. The predicted molar refractivity (Wildman–Crippen MR) is 82.9 cm³/mol. The molecule has 1 aromatic heterocycles. The third-order valence-electron chi connectivity index (χ3n) is 2.97. The number of H-pyrrole nitrogens is 1. The zero-order valence-electron chi connectivity index (χ0n) is 11.9. The molecule has 6 heteroatoms. The van der Waals surface area contributed by atoms with Crippen molar-refractivity contribution in [2.45, 2.75) is 26.5 Å². The highest BCUT2D eigenvalue weighted by atomic mass is 35.5. The number of benzene rings is 1. The number of rotatable bonds is 5. The summed E-state index contributed by atoms with van der Waals surface area (Å²) in [6.45, 7) is 4.26. The van der Waals surface area contributed by atoms with Crippen LogP contribution in [0.15, 0.2) is 39.9 Å². The van der Waals surface area contributed by atoms with Crippen LogP contribution in [0.5, 0.6) is 0 Å². The third kappa shape index (κ3) is 3.62. The maximum Gasteiger partial charge on any atom is 0.329 e. The summed E-state index contributed by atoms with van der Waals surface area (Å²) in [6, 6.07) is 9.01. The second kappa shape index (κ2) is 6.74. The van der Waals surface area contributed by atoms with Crippen molar-refractivity contribution in [3.8, 4) is 11.1 Å². The first-order chi connectivity index (χ1) is 10.0. The van der Waals surface area contributed by atoms with Crippen LogP contribution in [0, 0.1) is 0 Å². The Morgan fingerprint density at radius 2 is 1.90 bits per heavy atom. The number of hydrogen-bond acceptors (Lipinski definition) is 3. The van der Waals surface area contributed by atoms with E-state index in [9.17, 15) is 9.59 Å². The van der Waals surface area contributed by atoms with E-state index < -0.39 is 11.2 Å². The molecule has 0 aliphatic carbocycles. The Morgan fingerprint density at radius 1 is 1.24 bits per heavy atom. The minimum absolute atomic E-state index is 0.0423. The van der Waals surface area contributed by atoms with Crippen LogP contribution in [-0.2, 0) is 11.3 Å². The summed E-state index contributed by atoms with van der Waals surface area (Å²) in [5, 5.41) is 0.0530. The van der Waals surface area contributed by atoms with E-state index in [2.05, 4.69) is 4.98 Å². The van der Waals surface area contributed by atoms with Gasteiger partial charge in [-0.25, -0.2) is 4.79 Å². The topological polar surface area (TPSA) is 64.1 Å². The highest BCUT2D eigenvalue weighted by Crippen LogP contribution is 2.20. The van der Waals surface area contributed by atoms with Crippen LogP contribution in [0.1, 0.15) is 13.8 Å². The molecule has 0 amide bonds. The lowest BCUT2D eigenvalue weighted by Crippen LogP contribution is -2.37. The zero-order valence-corrected chi connectivity index (χ0v) is 12.7. The minimum atomic E-state index is -0.531. The molecule has 0 saturated carbocycles. The standard InChI is InChI=1S/C15H17ClN2O3/c1-10(2)21-9-8-18-14(19)12(13(16)17-15(18)20)11-6-4-3-5-7-11/h3-7,10H,8-9H2,1-2H3,(H,17,20). The lowest BCUT2D eigenvalue weighted by atomic mass is 10.1. The van der Waals surface area contributed by atoms with Gasteiger partial charge in [0.1, 0.15) is 5.15 Å². The second-order valence-electron chi connectivity index (χ2n) is 4.86. The predicted octanol–water partition coefficient (Wildman–Crippen LogP) is 2.28. The van der Waals surface area contributed by atoms with Crippen LogP contribution in [0.4, 0.5) is 0 Å². The number of nitrogens with one attached hydrogen (secondary N) is 1. The summed E-state index contributed by atoms with van der Waals surface area (Å²) in [5.41, 5.74) is 0.0167. The van der Waals surface area contributed by atoms with Crippen LogP contribution < -0.4 is 11.2 Å². The molecular formula is C15H17ClN2O3. The van der Waals surface area contributed by atoms with E-state index in [1.165, 1.54) is 0 Å². The van der Waals surface area contributed by atoms with Crippen molar-refractivity contribution in [3.05, 3.63) is 56.3 Å². The number of halogens is 1. The minimum Gasteiger partial charge on any atom is -0.377 e. The highest BCUT2D eigenvalue weighted by molar-refractivity contribution is 6.32. The van der Waals surface area contributed by atoms with E-state index in [1.807, 2.05) is 32.0 Å². The van der Waals surface area contributed by atoms with Gasteiger partial charge in [0.05, 0.1) is 24.8 Å². The summed E-state index contributed by atoms with van der Waals surface area (Å²) in [6.07, 6.45) is 0.0423. The Balaban J connectivity index is 2.44. The zero-order chi connectivity index (χ0) is 15.4. The Labute approximate surface area is 127 Å². The molecule has 21 heavy (non-hydrogen) atoms. The molecule has 2 aromatic rings. The molecule has 0 bridgehead atoms. The van der Waals surface area contributed by atoms with Gasteiger partial charge in [0, 0.05) is 0 Å². The molecule has 0 aliphatic heterocycles. The molecule has 0 aliphatic rings. The van der Waals surface area contributed by atoms with Crippen molar-refractivity contribution < 1.29 is 4.74 Å². The van der Waals surface area contributed by atoms with Crippen molar-refractivity contribution >= 4 is 11.6 Å². The monoisotopic (exact) mass is 308 g/mol. The van der Waals surface area contributed by atoms with E-state index in [0.29, 0.717) is 11.1 Å². The van der Waals surface area contributed by atoms with Crippen LogP contribution in [0.25, 0.3) is 11.1 Å². The molecule has 0 saturated heterocycles. The van der Waals surface area contributed by atoms with E-state index >= 15 is 0 Å². The van der Waals surface area contributed by atoms with E-state index in [1.54, 1.807) is 12.1 Å². The Morgan fingerprint density at radius 3 is 2.52 bits per heavy atom. The Hall–Kier alpha value is -1.85. The van der Waals surface area contributed by atoms with Gasteiger partial charge in [0.25, 0.3) is 5.56 Å². The summed E-state index contributed by atoms with van der Waals surface area (Å²) >= 11 is 6.03. The van der Waals surface area contributed by atoms with Gasteiger partial charge in [-0.2, -0.15) is 0 Å². The third-order valence-corrected chi connectivity index (χ3v) is 3.25. The highest BCUT2D eigenvalue weighted by Gasteiger charge is 2.14. The lowest BCUT2D eigenvalue weighted by molar-refractivity contribution is 0.0716. The van der Waals surface area contributed by atoms with Crippen molar-refractivity contribution in [2.75, 3.05) is 6.61 Å². The average molecular weight is 309 g/mol. The number of aromatic amines is 1. The molecular weight excluding hydrogens is 292 g/mol. The first-order valence-corrected chi connectivity index (χ1v) is 7.08. The maximum absolute atomic E-state index is 12.5. The van der Waals surface area contributed by atoms with E-state index in [4.69, 9.17) is 16.3 Å². The fourth-order valence-electron chi connectivity index (χ4n) is 1.98. The van der Waals surface area contributed by atoms with Crippen LogP contribution in [0.2, 0.25) is 5.15 Å². The van der Waals surface area contributed by atoms with Crippen LogP contribution in [-0.4, -0.2) is 22.3 Å². The molecule has 2 rings (SSSR count). The molecule has 0 radical (unpaired) electrons. The first kappa shape index (κ1) is 15.5. The number of hydrogen-bond donors (Lipinski definition) is 1. The molecule has 0 fully saturated rings. The fourth-order valence-corrected chi connectivity index (χ4v) is 2.25. The van der Waals surface area contributed by atoms with Gasteiger partial charge in [0.15, 0.2) is 0 Å². The van der Waals surface area contributed by atoms with Gasteiger partial charge in [-0.15, -0.1) is 0 Å². The molecule has 1 aromatic carbocycles. The van der Waals surface area contributed by atoms with Gasteiger partial charge >= 0.3 is 5.69 Å². The number of nitrogens with zero attached hydrogens (tertiary/aromatic N) is 1. The van der Waals surface area contributed by atoms with Crippen LogP contribution >= 0.6 is 11.6 Å². The molecule has 0 atom stereocenters. The van der Waals surface area contributed by atoms with Gasteiger partial charge in [-0.3, -0.25) is 14.3 Å². The summed E-state index contributed by atoms with van der Waals surface area (Å²) < 4.78 is 6.49. The molecule has 0 spiro atoms. The smallest absolute Gasteiger partial charge is 0.329 e. The van der Waals surface area contributed by atoms with Crippen LogP contribution in [0.3, 0.4) is 0 Å². The normalized spacial score (nSPS) is 11.0. The molecule has 5 nitrogen and oxygen atoms in total. The van der Waals surface area contributed by atoms with E-state index in [0.717, 1.165) is 4.57 Å². The molecule has 1 N–H and O–H groups in total. The van der Waals surface area contributed by atoms with Crippen molar-refractivity contribution in [1.29, 1.82) is 0 Å². The van der Waals surface area contributed by atoms with Gasteiger partial charge in [-0.1, -0.05) is 41.9 Å². The van der Waals surface area contributed by atoms with E-state index in [-0.39, 0.29) is 24.4 Å². The summed E-state index contributed by atoms with van der Waals surface area (Å²) in [7, 11) is 0. The van der Waals surface area contributed by atoms with Gasteiger partial charge in [0.2, 0.25) is 0 Å². The average Bonchev–Trinajstić information content (AvgIpc) is 2.43. The fraction of sp³-hybridized carbons (Fsp3) is 0.333. The molecule has 112 valence electrons. The number of aromatic nitrogens is 2. The maximum atomic E-state index is 12.5. The Bertz CT molecular complexity index is 720. The van der Waals surface area contributed by atoms with Crippen molar-refractivity contribution in [2.24, 2.45) is 0 Å². The second-order valence-corrected chi connectivity index (χ2v) is 5.24. The Kier molecular flexibility index (Phi) is 4.98. The molecule has 1 heterocycles. The quantitative estimate of drug-likeness (QED) is 0.862. The SMILES string of the molecule is CC(C)OCCn1c(=O)[nH]c(Cl)c(-c2ccccc2)c1=O. The first-order valence-electron chi connectivity index (χ1n) is 6.70.